The molecular formula is C30H36N2O4S. The molecule has 0 spiro atoms. The zero-order valence-electron chi connectivity index (χ0n) is 22.4. The highest BCUT2D eigenvalue weighted by Gasteiger charge is 2.26. The quantitative estimate of drug-likeness (QED) is 0.347. The monoisotopic (exact) mass is 520 g/mol. The minimum Gasteiger partial charge on any atom is -0.444 e. The molecule has 3 aromatic carbocycles. The first-order valence-electron chi connectivity index (χ1n) is 12.3. The maximum absolute atomic E-state index is 13.5. The summed E-state index contributed by atoms with van der Waals surface area (Å²) in [6.07, 6.45) is -0.643. The van der Waals surface area contributed by atoms with Crippen molar-refractivity contribution in [2.24, 2.45) is 0 Å². The summed E-state index contributed by atoms with van der Waals surface area (Å²) in [5.41, 5.74) is -0.0447. The fourth-order valence-electron chi connectivity index (χ4n) is 3.72. The van der Waals surface area contributed by atoms with Gasteiger partial charge in [-0.25, -0.2) is 4.79 Å². The van der Waals surface area contributed by atoms with E-state index in [2.05, 4.69) is 16.7 Å². The second-order valence-corrected chi connectivity index (χ2v) is 12.1. The highest BCUT2D eigenvalue weighted by molar-refractivity contribution is 7.99. The van der Waals surface area contributed by atoms with E-state index in [-0.39, 0.29) is 18.1 Å². The van der Waals surface area contributed by atoms with Gasteiger partial charge in [0.1, 0.15) is 11.6 Å². The first kappa shape index (κ1) is 28.3. The van der Waals surface area contributed by atoms with Gasteiger partial charge in [-0.2, -0.15) is 0 Å². The molecule has 3 aromatic rings. The van der Waals surface area contributed by atoms with Crippen LogP contribution in [0.2, 0.25) is 0 Å². The van der Waals surface area contributed by atoms with Gasteiger partial charge in [0.2, 0.25) is 0 Å². The number of hydrogen-bond acceptors (Lipinski definition) is 5. The number of nitrogens with one attached hydrogen (secondary N) is 2. The summed E-state index contributed by atoms with van der Waals surface area (Å²) in [7, 11) is 0. The average molecular weight is 521 g/mol. The van der Waals surface area contributed by atoms with Crippen LogP contribution in [0, 0.1) is 0 Å². The van der Waals surface area contributed by atoms with Crippen LogP contribution in [0.5, 0.6) is 0 Å². The number of ketones is 1. The van der Waals surface area contributed by atoms with Crippen molar-refractivity contribution in [3.05, 3.63) is 77.9 Å². The van der Waals surface area contributed by atoms with Crippen molar-refractivity contribution < 1.29 is 19.1 Å². The molecule has 196 valence electrons. The van der Waals surface area contributed by atoms with Gasteiger partial charge >= 0.3 is 6.09 Å². The van der Waals surface area contributed by atoms with E-state index in [0.29, 0.717) is 16.9 Å². The minimum atomic E-state index is -0.801. The van der Waals surface area contributed by atoms with Gasteiger partial charge in [-0.1, -0.05) is 48.5 Å². The standard InChI is InChI=1S/C30H36N2O4S/c1-29(2,3)32-27(34)24-14-10-9-13-22(24)18-26(33)25(31-28(35)36-30(4,5)6)19-37-23-16-15-20-11-7-8-12-21(20)17-23/h7-17,25H,18-19H2,1-6H3,(H,31,35)(H,32,34)/t25-/m0/s1. The Labute approximate surface area is 223 Å². The maximum Gasteiger partial charge on any atom is 0.408 e. The molecule has 0 aromatic heterocycles. The lowest BCUT2D eigenvalue weighted by molar-refractivity contribution is -0.120. The molecule has 37 heavy (non-hydrogen) atoms. The zero-order valence-corrected chi connectivity index (χ0v) is 23.2. The first-order chi connectivity index (χ1) is 17.3. The molecule has 0 aliphatic carbocycles. The molecule has 0 bridgehead atoms. The second-order valence-electron chi connectivity index (χ2n) is 11.0. The minimum absolute atomic E-state index is 0.00643. The summed E-state index contributed by atoms with van der Waals surface area (Å²) < 4.78 is 5.42. The number of benzene rings is 3. The smallest absolute Gasteiger partial charge is 0.408 e. The number of Topliss-reactive ketones (excluding diaryl/α,β-unsaturated/α-hetero) is 1. The Hall–Kier alpha value is -3.32. The Morgan fingerprint density at radius 1 is 0.865 bits per heavy atom. The molecule has 0 unspecified atom stereocenters. The fourth-order valence-corrected chi connectivity index (χ4v) is 4.72. The number of thioether (sulfide) groups is 1. The third-order valence-electron chi connectivity index (χ3n) is 5.33. The van der Waals surface area contributed by atoms with E-state index in [9.17, 15) is 14.4 Å². The van der Waals surface area contributed by atoms with Crippen LogP contribution in [-0.4, -0.2) is 40.7 Å². The van der Waals surface area contributed by atoms with E-state index < -0.39 is 23.3 Å². The van der Waals surface area contributed by atoms with Crippen LogP contribution >= 0.6 is 11.8 Å². The normalized spacial score (nSPS) is 12.6. The van der Waals surface area contributed by atoms with Crippen molar-refractivity contribution in [2.45, 2.75) is 70.0 Å². The van der Waals surface area contributed by atoms with Crippen molar-refractivity contribution in [3.8, 4) is 0 Å². The zero-order chi connectivity index (χ0) is 27.2. The molecule has 0 heterocycles. The number of amides is 2. The van der Waals surface area contributed by atoms with Gasteiger partial charge in [-0.15, -0.1) is 11.8 Å². The van der Waals surface area contributed by atoms with E-state index in [1.54, 1.807) is 45.0 Å². The summed E-state index contributed by atoms with van der Waals surface area (Å²) in [5, 5.41) is 7.95. The fraction of sp³-hybridized carbons (Fsp3) is 0.367. The molecule has 2 N–H and O–H groups in total. The van der Waals surface area contributed by atoms with Crippen LogP contribution in [0.15, 0.2) is 71.6 Å². The molecule has 1 atom stereocenters. The molecule has 2 amide bonds. The summed E-state index contributed by atoms with van der Waals surface area (Å²) >= 11 is 1.49. The van der Waals surface area contributed by atoms with Gasteiger partial charge in [0.15, 0.2) is 5.78 Å². The lowest BCUT2D eigenvalue weighted by Gasteiger charge is -2.24. The molecule has 0 fully saturated rings. The Balaban J connectivity index is 1.80. The van der Waals surface area contributed by atoms with Crippen molar-refractivity contribution in [1.29, 1.82) is 0 Å². The molecule has 0 saturated heterocycles. The molecule has 0 aliphatic rings. The van der Waals surface area contributed by atoms with E-state index in [4.69, 9.17) is 4.74 Å². The SMILES string of the molecule is CC(C)(C)NC(=O)c1ccccc1CC(=O)[C@H](CSc1ccc2ccccc2c1)NC(=O)OC(C)(C)C. The van der Waals surface area contributed by atoms with Crippen LogP contribution in [0.3, 0.4) is 0 Å². The molecule has 0 radical (unpaired) electrons. The third kappa shape index (κ3) is 8.93. The molecule has 7 heteroatoms. The van der Waals surface area contributed by atoms with Crippen molar-refractivity contribution in [2.75, 3.05) is 5.75 Å². The lowest BCUT2D eigenvalue weighted by Crippen LogP contribution is -2.46. The second kappa shape index (κ2) is 11.8. The largest absolute Gasteiger partial charge is 0.444 e. The Bertz CT molecular complexity index is 1270. The van der Waals surface area contributed by atoms with Crippen LogP contribution in [0.25, 0.3) is 10.8 Å². The number of hydrogen-bond donors (Lipinski definition) is 2. The molecule has 3 rings (SSSR count). The van der Waals surface area contributed by atoms with E-state index in [1.165, 1.54) is 11.8 Å². The van der Waals surface area contributed by atoms with Crippen LogP contribution < -0.4 is 10.6 Å². The van der Waals surface area contributed by atoms with Crippen molar-refractivity contribution in [3.63, 3.8) is 0 Å². The number of fused-ring (bicyclic) bond motifs is 1. The summed E-state index contributed by atoms with van der Waals surface area (Å²) in [5.74, 6) is -0.111. The van der Waals surface area contributed by atoms with Gasteiger partial charge in [0.05, 0.1) is 0 Å². The lowest BCUT2D eigenvalue weighted by atomic mass is 9.98. The van der Waals surface area contributed by atoms with Crippen LogP contribution in [-0.2, 0) is 16.0 Å². The molecule has 0 saturated carbocycles. The highest BCUT2D eigenvalue weighted by atomic mass is 32.2. The average Bonchev–Trinajstić information content (AvgIpc) is 2.79. The van der Waals surface area contributed by atoms with E-state index in [0.717, 1.165) is 15.7 Å². The van der Waals surface area contributed by atoms with Crippen molar-refractivity contribution >= 4 is 40.3 Å². The van der Waals surface area contributed by atoms with E-state index >= 15 is 0 Å². The first-order valence-corrected chi connectivity index (χ1v) is 13.3. The van der Waals surface area contributed by atoms with Crippen LogP contribution in [0.1, 0.15) is 57.5 Å². The third-order valence-corrected chi connectivity index (χ3v) is 6.42. The Morgan fingerprint density at radius 3 is 2.19 bits per heavy atom. The van der Waals surface area contributed by atoms with Crippen molar-refractivity contribution in [1.82, 2.24) is 10.6 Å². The number of carbonyl (C=O) groups is 3. The molecule has 0 aliphatic heterocycles. The Morgan fingerprint density at radius 2 is 1.51 bits per heavy atom. The van der Waals surface area contributed by atoms with Crippen LogP contribution in [0.4, 0.5) is 4.79 Å². The summed E-state index contributed by atoms with van der Waals surface area (Å²) in [4.78, 5) is 39.9. The molecular weight excluding hydrogens is 484 g/mol. The number of rotatable bonds is 8. The van der Waals surface area contributed by atoms with Gasteiger partial charge < -0.3 is 15.4 Å². The Kier molecular flexibility index (Phi) is 9.02. The van der Waals surface area contributed by atoms with Gasteiger partial charge in [0.25, 0.3) is 5.91 Å². The topological polar surface area (TPSA) is 84.5 Å². The van der Waals surface area contributed by atoms with E-state index in [1.807, 2.05) is 57.2 Å². The highest BCUT2D eigenvalue weighted by Crippen LogP contribution is 2.25. The maximum atomic E-state index is 13.5. The summed E-state index contributed by atoms with van der Waals surface area (Å²) in [6.45, 7) is 11.0. The number of carbonyl (C=O) groups excluding carboxylic acids is 3. The van der Waals surface area contributed by atoms with Gasteiger partial charge in [-0.05, 0) is 76.1 Å². The predicted molar refractivity (Wildman–Crippen MR) is 150 cm³/mol. The number of alkyl carbamates (subject to hydrolysis) is 1. The van der Waals surface area contributed by atoms with Gasteiger partial charge in [-0.3, -0.25) is 9.59 Å². The molecule has 6 nitrogen and oxygen atoms in total. The predicted octanol–water partition coefficient (Wildman–Crippen LogP) is 6.17. The number of ether oxygens (including phenoxy) is 1. The van der Waals surface area contributed by atoms with Gasteiger partial charge in [0, 0.05) is 28.2 Å². The summed E-state index contributed by atoms with van der Waals surface area (Å²) in [6, 6.07) is 20.5.